The summed E-state index contributed by atoms with van der Waals surface area (Å²) in [5.74, 6) is 0.951. The number of halogens is 1. The van der Waals surface area contributed by atoms with Crippen LogP contribution in [0.15, 0.2) is 16.6 Å². The van der Waals surface area contributed by atoms with E-state index in [-0.39, 0.29) is 11.8 Å². The summed E-state index contributed by atoms with van der Waals surface area (Å²) in [5.41, 5.74) is 7.10. The van der Waals surface area contributed by atoms with E-state index in [2.05, 4.69) is 29.8 Å². The van der Waals surface area contributed by atoms with Gasteiger partial charge in [-0.15, -0.1) is 0 Å². The maximum absolute atomic E-state index is 9.69. The van der Waals surface area contributed by atoms with Crippen LogP contribution in [0, 0.1) is 5.92 Å². The van der Waals surface area contributed by atoms with Gasteiger partial charge in [0, 0.05) is 6.04 Å². The van der Waals surface area contributed by atoms with Gasteiger partial charge in [0.2, 0.25) is 0 Å². The van der Waals surface area contributed by atoms with Crippen molar-refractivity contribution in [3.8, 4) is 11.5 Å². The average Bonchev–Trinajstić information content (AvgIpc) is 2.30. The first-order valence-corrected chi connectivity index (χ1v) is 6.12. The number of hydrogen-bond acceptors (Lipinski definition) is 3. The molecule has 0 radical (unpaired) electrons. The van der Waals surface area contributed by atoms with Crippen molar-refractivity contribution in [2.24, 2.45) is 11.7 Å². The topological polar surface area (TPSA) is 55.5 Å². The molecule has 0 fully saturated rings. The van der Waals surface area contributed by atoms with E-state index in [0.29, 0.717) is 16.1 Å². The molecule has 1 aromatic rings. The molecule has 0 saturated carbocycles. The van der Waals surface area contributed by atoms with Gasteiger partial charge in [-0.05, 0) is 39.5 Å². The van der Waals surface area contributed by atoms with Crippen molar-refractivity contribution in [2.45, 2.75) is 26.3 Å². The Bertz CT molecular complexity index is 368. The lowest BCUT2D eigenvalue weighted by Crippen LogP contribution is -2.18. The lowest BCUT2D eigenvalue weighted by molar-refractivity contribution is 0.369. The molecule has 0 aliphatic carbocycles. The lowest BCUT2D eigenvalue weighted by atomic mass is 9.93. The summed E-state index contributed by atoms with van der Waals surface area (Å²) in [6.07, 6.45) is 1.02. The number of phenolic OH excluding ortho intramolecular Hbond substituents is 1. The zero-order valence-corrected chi connectivity index (χ0v) is 11.4. The monoisotopic (exact) mass is 287 g/mol. The maximum Gasteiger partial charge on any atom is 0.172 e. The molecule has 2 atom stereocenters. The van der Waals surface area contributed by atoms with Crippen LogP contribution in [0.1, 0.15) is 31.9 Å². The first kappa shape index (κ1) is 13.3. The van der Waals surface area contributed by atoms with E-state index in [1.807, 2.05) is 6.07 Å². The SMILES string of the molecule is CCC(C)[C@@H](N)c1cc(Br)c(O)c(OC)c1. The van der Waals surface area contributed by atoms with E-state index >= 15 is 0 Å². The normalized spacial score (nSPS) is 14.6. The van der Waals surface area contributed by atoms with Crippen LogP contribution in [0.2, 0.25) is 0 Å². The highest BCUT2D eigenvalue weighted by Crippen LogP contribution is 2.37. The van der Waals surface area contributed by atoms with Gasteiger partial charge in [-0.3, -0.25) is 0 Å². The number of phenols is 1. The highest BCUT2D eigenvalue weighted by atomic mass is 79.9. The first-order valence-electron chi connectivity index (χ1n) is 5.33. The summed E-state index contributed by atoms with van der Waals surface area (Å²) >= 11 is 3.29. The Balaban J connectivity index is 3.10. The highest BCUT2D eigenvalue weighted by molar-refractivity contribution is 9.10. The van der Waals surface area contributed by atoms with Gasteiger partial charge in [-0.25, -0.2) is 0 Å². The predicted octanol–water partition coefficient (Wildman–Crippen LogP) is 3.21. The van der Waals surface area contributed by atoms with Crippen molar-refractivity contribution in [1.29, 1.82) is 0 Å². The molecule has 4 heteroatoms. The smallest absolute Gasteiger partial charge is 0.172 e. The van der Waals surface area contributed by atoms with E-state index in [1.165, 1.54) is 7.11 Å². The van der Waals surface area contributed by atoms with E-state index in [4.69, 9.17) is 10.5 Å². The van der Waals surface area contributed by atoms with Gasteiger partial charge in [0.15, 0.2) is 11.5 Å². The Morgan fingerprint density at radius 3 is 2.62 bits per heavy atom. The largest absolute Gasteiger partial charge is 0.503 e. The van der Waals surface area contributed by atoms with Crippen LogP contribution in [0.4, 0.5) is 0 Å². The number of aromatic hydroxyl groups is 1. The van der Waals surface area contributed by atoms with Crippen molar-refractivity contribution in [3.63, 3.8) is 0 Å². The van der Waals surface area contributed by atoms with Gasteiger partial charge in [-0.1, -0.05) is 20.3 Å². The molecule has 16 heavy (non-hydrogen) atoms. The predicted molar refractivity (Wildman–Crippen MR) is 68.7 cm³/mol. The molecule has 0 saturated heterocycles. The molecule has 0 aliphatic heterocycles. The molecule has 0 spiro atoms. The van der Waals surface area contributed by atoms with Crippen LogP contribution in [-0.2, 0) is 0 Å². The van der Waals surface area contributed by atoms with Gasteiger partial charge in [-0.2, -0.15) is 0 Å². The van der Waals surface area contributed by atoms with E-state index in [1.54, 1.807) is 6.07 Å². The zero-order chi connectivity index (χ0) is 12.3. The second-order valence-corrected chi connectivity index (χ2v) is 4.82. The van der Waals surface area contributed by atoms with Crippen molar-refractivity contribution in [3.05, 3.63) is 22.2 Å². The molecular formula is C12H18BrNO2. The summed E-state index contributed by atoms with van der Waals surface area (Å²) in [7, 11) is 1.53. The summed E-state index contributed by atoms with van der Waals surface area (Å²) in [4.78, 5) is 0. The highest BCUT2D eigenvalue weighted by Gasteiger charge is 2.17. The number of ether oxygens (including phenoxy) is 1. The third-order valence-corrected chi connectivity index (χ3v) is 3.52. The van der Waals surface area contributed by atoms with Crippen LogP contribution in [-0.4, -0.2) is 12.2 Å². The minimum absolute atomic E-state index is 0.0456. The van der Waals surface area contributed by atoms with Crippen LogP contribution in [0.3, 0.4) is 0 Å². The van der Waals surface area contributed by atoms with Gasteiger partial charge >= 0.3 is 0 Å². The Labute approximate surface area is 105 Å². The lowest BCUT2D eigenvalue weighted by Gasteiger charge is -2.20. The molecule has 90 valence electrons. The summed E-state index contributed by atoms with van der Waals surface area (Å²) < 4.78 is 5.71. The standard InChI is InChI=1S/C12H18BrNO2/c1-4-7(2)11(14)8-5-9(13)12(15)10(6-8)16-3/h5-7,11,15H,4,14H2,1-3H3/t7?,11-/m1/s1. The Hall–Kier alpha value is -0.740. The van der Waals surface area contributed by atoms with Gasteiger partial charge in [0.25, 0.3) is 0 Å². The molecule has 1 rings (SSSR count). The van der Waals surface area contributed by atoms with Crippen LogP contribution >= 0.6 is 15.9 Å². The van der Waals surface area contributed by atoms with Crippen LogP contribution < -0.4 is 10.5 Å². The quantitative estimate of drug-likeness (QED) is 0.894. The Morgan fingerprint density at radius 1 is 1.50 bits per heavy atom. The fraction of sp³-hybridized carbons (Fsp3) is 0.500. The third kappa shape index (κ3) is 2.68. The summed E-state index contributed by atoms with van der Waals surface area (Å²) in [6.45, 7) is 4.22. The zero-order valence-electron chi connectivity index (χ0n) is 9.83. The van der Waals surface area contributed by atoms with Crippen molar-refractivity contribution < 1.29 is 9.84 Å². The van der Waals surface area contributed by atoms with Crippen molar-refractivity contribution in [2.75, 3.05) is 7.11 Å². The molecule has 0 bridgehead atoms. The van der Waals surface area contributed by atoms with E-state index in [9.17, 15) is 5.11 Å². The molecule has 1 aromatic carbocycles. The molecule has 1 unspecified atom stereocenters. The van der Waals surface area contributed by atoms with Crippen molar-refractivity contribution >= 4 is 15.9 Å². The second kappa shape index (κ2) is 5.55. The summed E-state index contributed by atoms with van der Waals surface area (Å²) in [6, 6.07) is 3.58. The fourth-order valence-corrected chi connectivity index (χ4v) is 1.98. The minimum Gasteiger partial charge on any atom is -0.503 e. The fourth-order valence-electron chi connectivity index (χ4n) is 1.52. The van der Waals surface area contributed by atoms with Crippen molar-refractivity contribution in [1.82, 2.24) is 0 Å². The number of nitrogens with two attached hydrogens (primary N) is 1. The van der Waals surface area contributed by atoms with E-state index in [0.717, 1.165) is 12.0 Å². The molecule has 0 heterocycles. The van der Waals surface area contributed by atoms with E-state index < -0.39 is 0 Å². The summed E-state index contributed by atoms with van der Waals surface area (Å²) in [5, 5.41) is 9.69. The van der Waals surface area contributed by atoms with Crippen LogP contribution in [0.25, 0.3) is 0 Å². The molecule has 0 amide bonds. The minimum atomic E-state index is -0.0456. The average molecular weight is 288 g/mol. The second-order valence-electron chi connectivity index (χ2n) is 3.96. The van der Waals surface area contributed by atoms with Gasteiger partial charge in [0.1, 0.15) is 0 Å². The number of hydrogen-bond donors (Lipinski definition) is 2. The third-order valence-electron chi connectivity index (χ3n) is 2.91. The Morgan fingerprint density at radius 2 is 2.12 bits per heavy atom. The molecule has 3 N–H and O–H groups in total. The van der Waals surface area contributed by atoms with Gasteiger partial charge in [0.05, 0.1) is 11.6 Å². The van der Waals surface area contributed by atoms with Crippen LogP contribution in [0.5, 0.6) is 11.5 Å². The molecule has 0 aliphatic rings. The number of benzene rings is 1. The van der Waals surface area contributed by atoms with Gasteiger partial charge < -0.3 is 15.6 Å². The number of rotatable bonds is 4. The Kier molecular flexibility index (Phi) is 4.62. The maximum atomic E-state index is 9.69. The first-order chi connectivity index (χ1) is 7.51. The molecule has 0 aromatic heterocycles. The number of methoxy groups -OCH3 is 1. The molecule has 3 nitrogen and oxygen atoms in total. The molecular weight excluding hydrogens is 270 g/mol.